The zero-order valence-corrected chi connectivity index (χ0v) is 14.6. The second kappa shape index (κ2) is 6.19. The molecule has 0 unspecified atom stereocenters. The molecule has 0 bridgehead atoms. The molecule has 7 heteroatoms. The van der Waals surface area contributed by atoms with Gasteiger partial charge in [-0.15, -0.1) is 6.42 Å². The largest absolute Gasteiger partial charge is 0.482 e. The number of nitrogens with zero attached hydrogens (tertiary/aromatic N) is 2. The van der Waals surface area contributed by atoms with E-state index in [1.807, 2.05) is 0 Å². The number of fused-ring (bicyclic) bond motifs is 1. The molecule has 3 amide bonds. The van der Waals surface area contributed by atoms with Gasteiger partial charge in [-0.1, -0.05) is 17.5 Å². The highest BCUT2D eigenvalue weighted by Crippen LogP contribution is 2.46. The highest BCUT2D eigenvalue weighted by atomic mass is 35.5. The van der Waals surface area contributed by atoms with Crippen molar-refractivity contribution in [1.29, 1.82) is 0 Å². The summed E-state index contributed by atoms with van der Waals surface area (Å²) in [5.74, 6) is 1.81. The van der Waals surface area contributed by atoms with E-state index in [-0.39, 0.29) is 41.6 Å². The van der Waals surface area contributed by atoms with Gasteiger partial charge in [-0.2, -0.15) is 0 Å². The summed E-state index contributed by atoms with van der Waals surface area (Å²) in [6.07, 6.45) is 8.34. The molecule has 0 atom stereocenters. The molecule has 0 saturated carbocycles. The Bertz CT molecular complexity index is 900. The summed E-state index contributed by atoms with van der Waals surface area (Å²) in [6.45, 7) is -0.114. The van der Waals surface area contributed by atoms with E-state index in [0.29, 0.717) is 35.4 Å². The quantitative estimate of drug-likeness (QED) is 0.592. The lowest BCUT2D eigenvalue weighted by Gasteiger charge is -2.30. The number of halogens is 1. The molecule has 26 heavy (non-hydrogen) atoms. The lowest BCUT2D eigenvalue weighted by molar-refractivity contribution is -0.121. The SMILES string of the molecule is C#CCN1C(=O)COc2ccc(N3C(=O)C4=C(CCCC4)C3=O)c(Cl)c21. The van der Waals surface area contributed by atoms with Crippen LogP contribution in [0.15, 0.2) is 23.3 Å². The van der Waals surface area contributed by atoms with Crippen LogP contribution >= 0.6 is 11.6 Å². The average molecular weight is 371 g/mol. The first-order chi connectivity index (χ1) is 12.5. The minimum Gasteiger partial charge on any atom is -0.482 e. The van der Waals surface area contributed by atoms with Crippen LogP contribution < -0.4 is 14.5 Å². The number of amides is 3. The van der Waals surface area contributed by atoms with E-state index >= 15 is 0 Å². The standard InChI is InChI=1S/C19H15ClN2O4/c1-2-9-21-15(23)10-26-14-8-7-13(16(20)17(14)21)22-18(24)11-5-3-4-6-12(11)19(22)25/h1,7-8H,3-6,9-10H2. The summed E-state index contributed by atoms with van der Waals surface area (Å²) in [7, 11) is 0. The van der Waals surface area contributed by atoms with Crippen LogP contribution in [0.5, 0.6) is 5.75 Å². The Kier molecular flexibility index (Phi) is 3.97. The first kappa shape index (κ1) is 16.7. The molecule has 0 N–H and O–H groups in total. The Morgan fingerprint density at radius 2 is 1.77 bits per heavy atom. The Labute approximate surface area is 155 Å². The van der Waals surface area contributed by atoms with E-state index in [0.717, 1.165) is 17.7 Å². The van der Waals surface area contributed by atoms with Crippen molar-refractivity contribution in [1.82, 2.24) is 0 Å². The number of hydrogen-bond acceptors (Lipinski definition) is 4. The van der Waals surface area contributed by atoms with Crippen LogP contribution in [0.25, 0.3) is 0 Å². The maximum Gasteiger partial charge on any atom is 0.265 e. The maximum atomic E-state index is 12.8. The van der Waals surface area contributed by atoms with Crippen molar-refractivity contribution in [2.45, 2.75) is 25.7 Å². The van der Waals surface area contributed by atoms with Crippen LogP contribution in [0.1, 0.15) is 25.7 Å². The monoisotopic (exact) mass is 370 g/mol. The van der Waals surface area contributed by atoms with Crippen molar-refractivity contribution < 1.29 is 19.1 Å². The first-order valence-corrected chi connectivity index (χ1v) is 8.72. The molecule has 0 aromatic heterocycles. The Balaban J connectivity index is 1.80. The number of terminal acetylenes is 1. The molecular weight excluding hydrogens is 356 g/mol. The van der Waals surface area contributed by atoms with Crippen molar-refractivity contribution in [3.05, 3.63) is 28.3 Å². The molecule has 2 aliphatic heterocycles. The summed E-state index contributed by atoms with van der Waals surface area (Å²) >= 11 is 6.52. The number of imide groups is 1. The molecule has 3 aliphatic rings. The molecule has 1 aromatic rings. The number of anilines is 2. The van der Waals surface area contributed by atoms with Gasteiger partial charge in [0.1, 0.15) is 11.4 Å². The van der Waals surface area contributed by atoms with Gasteiger partial charge < -0.3 is 4.74 Å². The number of ether oxygens (including phenoxy) is 1. The smallest absolute Gasteiger partial charge is 0.265 e. The van der Waals surface area contributed by atoms with Crippen LogP contribution in [0.4, 0.5) is 11.4 Å². The number of hydrogen-bond donors (Lipinski definition) is 0. The van der Waals surface area contributed by atoms with Gasteiger partial charge in [-0.05, 0) is 37.8 Å². The lowest BCUT2D eigenvalue weighted by atomic mass is 9.93. The zero-order valence-electron chi connectivity index (χ0n) is 13.9. The maximum absolute atomic E-state index is 12.8. The van der Waals surface area contributed by atoms with E-state index in [9.17, 15) is 14.4 Å². The van der Waals surface area contributed by atoms with Gasteiger partial charge in [0, 0.05) is 11.1 Å². The predicted molar refractivity (Wildman–Crippen MR) is 96.1 cm³/mol. The van der Waals surface area contributed by atoms with Crippen LogP contribution in [-0.4, -0.2) is 30.9 Å². The van der Waals surface area contributed by atoms with Gasteiger partial charge in [0.15, 0.2) is 6.61 Å². The Morgan fingerprint density at radius 3 is 2.38 bits per heavy atom. The third-order valence-electron chi connectivity index (χ3n) is 4.86. The zero-order chi connectivity index (χ0) is 18.4. The Hall–Kier alpha value is -2.78. The van der Waals surface area contributed by atoms with Gasteiger partial charge in [0.2, 0.25) is 0 Å². The topological polar surface area (TPSA) is 66.9 Å². The molecule has 4 rings (SSSR count). The third-order valence-corrected chi connectivity index (χ3v) is 5.23. The number of rotatable bonds is 2. The summed E-state index contributed by atoms with van der Waals surface area (Å²) in [6, 6.07) is 3.17. The second-order valence-electron chi connectivity index (χ2n) is 6.33. The molecule has 6 nitrogen and oxygen atoms in total. The number of carbonyl (C=O) groups is 3. The second-order valence-corrected chi connectivity index (χ2v) is 6.71. The molecule has 2 heterocycles. The van der Waals surface area contributed by atoms with E-state index in [2.05, 4.69) is 5.92 Å². The average Bonchev–Trinajstić information content (AvgIpc) is 2.89. The van der Waals surface area contributed by atoms with Crippen molar-refractivity contribution in [2.24, 2.45) is 0 Å². The van der Waals surface area contributed by atoms with Crippen molar-refractivity contribution in [3.63, 3.8) is 0 Å². The van der Waals surface area contributed by atoms with Gasteiger partial charge in [0.05, 0.1) is 17.3 Å². The predicted octanol–water partition coefficient (Wildman–Crippen LogP) is 2.44. The fourth-order valence-corrected chi connectivity index (χ4v) is 3.98. The Morgan fingerprint density at radius 1 is 1.12 bits per heavy atom. The molecule has 0 radical (unpaired) electrons. The van der Waals surface area contributed by atoms with Gasteiger partial charge >= 0.3 is 0 Å². The summed E-state index contributed by atoms with van der Waals surface area (Å²) in [5.41, 5.74) is 1.68. The van der Waals surface area contributed by atoms with Gasteiger partial charge in [-0.25, -0.2) is 4.90 Å². The van der Waals surface area contributed by atoms with E-state index in [1.54, 1.807) is 12.1 Å². The van der Waals surface area contributed by atoms with Gasteiger partial charge in [0.25, 0.3) is 17.7 Å². The van der Waals surface area contributed by atoms with E-state index < -0.39 is 0 Å². The van der Waals surface area contributed by atoms with Crippen molar-refractivity contribution >= 4 is 40.7 Å². The van der Waals surface area contributed by atoms with E-state index in [1.165, 1.54) is 4.90 Å². The van der Waals surface area contributed by atoms with Crippen LogP contribution in [0, 0.1) is 12.3 Å². The minimum absolute atomic E-state index is 0.0228. The fourth-order valence-electron chi connectivity index (χ4n) is 3.64. The summed E-state index contributed by atoms with van der Waals surface area (Å²) < 4.78 is 5.42. The summed E-state index contributed by atoms with van der Waals surface area (Å²) in [5, 5.41) is 0.104. The number of benzene rings is 1. The van der Waals surface area contributed by atoms with Crippen LogP contribution in [0.2, 0.25) is 5.02 Å². The summed E-state index contributed by atoms with van der Waals surface area (Å²) in [4.78, 5) is 40.2. The fraction of sp³-hybridized carbons (Fsp3) is 0.316. The third kappa shape index (κ3) is 2.31. The molecular formula is C19H15ClN2O4. The molecule has 1 aromatic carbocycles. The lowest BCUT2D eigenvalue weighted by Crippen LogP contribution is -2.40. The molecule has 1 aliphatic carbocycles. The van der Waals surface area contributed by atoms with Gasteiger partial charge in [-0.3, -0.25) is 19.3 Å². The number of carbonyl (C=O) groups excluding carboxylic acids is 3. The van der Waals surface area contributed by atoms with Crippen LogP contribution in [-0.2, 0) is 14.4 Å². The highest BCUT2D eigenvalue weighted by molar-refractivity contribution is 6.41. The molecule has 132 valence electrons. The van der Waals surface area contributed by atoms with Crippen LogP contribution in [0.3, 0.4) is 0 Å². The molecule has 0 fully saturated rings. The minimum atomic E-state index is -0.335. The molecule has 0 spiro atoms. The van der Waals surface area contributed by atoms with E-state index in [4.69, 9.17) is 22.8 Å². The highest BCUT2D eigenvalue weighted by Gasteiger charge is 2.41. The normalized spacial score (nSPS) is 19.3. The van der Waals surface area contributed by atoms with Crippen molar-refractivity contribution in [3.8, 4) is 18.1 Å². The first-order valence-electron chi connectivity index (χ1n) is 8.34. The van der Waals surface area contributed by atoms with Crippen molar-refractivity contribution in [2.75, 3.05) is 23.0 Å². The molecule has 0 saturated heterocycles.